The fraction of sp³-hybridized carbons (Fsp3) is 0.500. The number of H-pyrrole nitrogens is 1. The number of urea groups is 2. The van der Waals surface area contributed by atoms with E-state index in [1.807, 2.05) is 0 Å². The van der Waals surface area contributed by atoms with Crippen LogP contribution in [0.1, 0.15) is 17.8 Å². The average Bonchev–Trinajstić information content (AvgIpc) is 3.63. The largest absolute Gasteiger partial charge is 0.481 e. The minimum absolute atomic E-state index is 0.0387. The van der Waals surface area contributed by atoms with Crippen LogP contribution in [0.25, 0.3) is 0 Å². The first kappa shape index (κ1) is 27.6. The summed E-state index contributed by atoms with van der Waals surface area (Å²) < 4.78 is 0. The number of carboxylic acids is 1. The van der Waals surface area contributed by atoms with E-state index in [0.717, 1.165) is 4.90 Å². The molecule has 0 spiro atoms. The molecule has 0 radical (unpaired) electrons. The lowest BCUT2D eigenvalue weighted by Gasteiger charge is -2.55. The molecule has 18 heteroatoms. The summed E-state index contributed by atoms with van der Waals surface area (Å²) in [6.45, 7) is 1.71. The van der Waals surface area contributed by atoms with E-state index >= 15 is 0 Å². The zero-order valence-corrected chi connectivity index (χ0v) is 22.9. The number of aromatic nitrogens is 4. The number of aromatic amines is 1. The number of imide groups is 1. The summed E-state index contributed by atoms with van der Waals surface area (Å²) in [6.07, 6.45) is 0. The topological polar surface area (TPSA) is 203 Å². The van der Waals surface area contributed by atoms with Gasteiger partial charge in [0, 0.05) is 36.5 Å². The molecule has 2 saturated heterocycles. The lowest BCUT2D eigenvalue weighted by Crippen LogP contribution is -2.75. The monoisotopic (exact) mass is 583 g/mol. The zero-order chi connectivity index (χ0) is 27.6. The molecule has 4 heterocycles. The third-order valence-corrected chi connectivity index (χ3v) is 10.1. The standard InChI is InChI=1S/C20H25N9O6S3/c1-9(38-17-24-26-27-25-17)20(16(32)33)7-29-14(31)12(15(29)37-8-20)22-13(30)11(10-5-4-6-36-10)23-19(35)28(3)18(34)21-2/h4-6,9,11-12,15H,7-8H2,1-3H3,(H,21,34)(H,22,30)(H,23,35)(H,32,33)(H,24,25,26,27)/t9?,11?,12?,15-,20?/m1/s1. The van der Waals surface area contributed by atoms with E-state index < -0.39 is 58.0 Å². The fourth-order valence-electron chi connectivity index (χ4n) is 4.06. The number of nitrogens with one attached hydrogen (secondary N) is 4. The lowest BCUT2D eigenvalue weighted by molar-refractivity contribution is -0.158. The van der Waals surface area contributed by atoms with E-state index in [1.54, 1.807) is 24.4 Å². The maximum absolute atomic E-state index is 13.2. The molecule has 2 aliphatic rings. The number of tetrazole rings is 1. The van der Waals surface area contributed by atoms with Gasteiger partial charge >= 0.3 is 18.0 Å². The molecular weight excluding hydrogens is 558 g/mol. The van der Waals surface area contributed by atoms with Crippen molar-refractivity contribution in [1.29, 1.82) is 0 Å². The molecule has 6 amide bonds. The number of thiophene rings is 1. The van der Waals surface area contributed by atoms with Gasteiger partial charge in [0.2, 0.25) is 17.0 Å². The Kier molecular flexibility index (Phi) is 8.12. The van der Waals surface area contributed by atoms with Gasteiger partial charge in [-0.1, -0.05) is 24.8 Å². The molecule has 0 saturated carbocycles. The smallest absolute Gasteiger partial charge is 0.326 e. The van der Waals surface area contributed by atoms with Crippen molar-refractivity contribution in [2.24, 2.45) is 5.41 Å². The Hall–Kier alpha value is -3.38. The highest BCUT2D eigenvalue weighted by atomic mass is 32.2. The second-order valence-electron chi connectivity index (χ2n) is 8.59. The Balaban J connectivity index is 1.44. The molecule has 204 valence electrons. The van der Waals surface area contributed by atoms with Gasteiger partial charge in [-0.2, -0.15) is 0 Å². The van der Waals surface area contributed by atoms with Crippen LogP contribution in [-0.4, -0.2) is 108 Å². The van der Waals surface area contributed by atoms with Crippen LogP contribution in [-0.2, 0) is 14.4 Å². The van der Waals surface area contributed by atoms with Crippen molar-refractivity contribution in [2.45, 2.75) is 34.8 Å². The number of hydrogen-bond donors (Lipinski definition) is 5. The number of aliphatic carboxylic acids is 1. The Morgan fingerprint density at radius 2 is 2.11 bits per heavy atom. The molecule has 5 atom stereocenters. The number of rotatable bonds is 8. The number of hydrogen-bond acceptors (Lipinski definition) is 11. The van der Waals surface area contributed by atoms with Gasteiger partial charge in [-0.15, -0.1) is 28.2 Å². The van der Waals surface area contributed by atoms with Crippen molar-refractivity contribution in [3.8, 4) is 0 Å². The number of β-lactam (4-membered cyclic amide) rings is 1. The predicted molar refractivity (Wildman–Crippen MR) is 137 cm³/mol. The van der Waals surface area contributed by atoms with Crippen molar-refractivity contribution in [1.82, 2.24) is 46.4 Å². The van der Waals surface area contributed by atoms with Crippen LogP contribution in [0.4, 0.5) is 9.59 Å². The number of amides is 6. The second-order valence-corrected chi connectivity index (χ2v) is 12.0. The summed E-state index contributed by atoms with van der Waals surface area (Å²) in [6, 6.07) is -0.131. The number of carboxylic acid groups (broad SMARTS) is 1. The van der Waals surface area contributed by atoms with Gasteiger partial charge in [0.15, 0.2) is 0 Å². The summed E-state index contributed by atoms with van der Waals surface area (Å²) in [7, 11) is 2.63. The number of thioether (sulfide) groups is 2. The van der Waals surface area contributed by atoms with Crippen LogP contribution in [0, 0.1) is 5.41 Å². The van der Waals surface area contributed by atoms with Gasteiger partial charge in [-0.3, -0.25) is 14.4 Å². The van der Waals surface area contributed by atoms with Crippen LogP contribution >= 0.6 is 34.9 Å². The van der Waals surface area contributed by atoms with Crippen LogP contribution in [0.3, 0.4) is 0 Å². The third-order valence-electron chi connectivity index (χ3n) is 6.40. The highest BCUT2D eigenvalue weighted by Gasteiger charge is 2.59. The number of fused-ring (bicyclic) bond motifs is 1. The summed E-state index contributed by atoms with van der Waals surface area (Å²) >= 11 is 3.67. The van der Waals surface area contributed by atoms with Crippen LogP contribution in [0.5, 0.6) is 0 Å². The number of carbonyl (C=O) groups is 5. The summed E-state index contributed by atoms with van der Waals surface area (Å²) in [5, 5.41) is 32.2. The van der Waals surface area contributed by atoms with E-state index in [-0.39, 0.29) is 12.3 Å². The molecule has 4 unspecified atom stereocenters. The van der Waals surface area contributed by atoms with E-state index in [2.05, 4.69) is 36.6 Å². The molecule has 5 N–H and O–H groups in total. The molecule has 2 fully saturated rings. The van der Waals surface area contributed by atoms with Crippen molar-refractivity contribution in [2.75, 3.05) is 26.4 Å². The number of nitrogens with zero attached hydrogens (tertiary/aromatic N) is 5. The Bertz CT molecular complexity index is 1210. The molecular formula is C20H25N9O6S3. The number of carbonyl (C=O) groups excluding carboxylic acids is 4. The Morgan fingerprint density at radius 1 is 1.34 bits per heavy atom. The van der Waals surface area contributed by atoms with Gasteiger partial charge < -0.3 is 26.0 Å². The molecule has 2 aromatic heterocycles. The molecule has 0 aromatic carbocycles. The quantitative estimate of drug-likeness (QED) is 0.206. The highest BCUT2D eigenvalue weighted by molar-refractivity contribution is 8.01. The van der Waals surface area contributed by atoms with Crippen molar-refractivity contribution < 1.29 is 29.1 Å². The first-order chi connectivity index (χ1) is 18.1. The lowest BCUT2D eigenvalue weighted by atomic mass is 9.84. The summed E-state index contributed by atoms with van der Waals surface area (Å²) in [5.41, 5.74) is -1.26. The van der Waals surface area contributed by atoms with E-state index in [4.69, 9.17) is 0 Å². The first-order valence-electron chi connectivity index (χ1n) is 11.2. The summed E-state index contributed by atoms with van der Waals surface area (Å²) in [4.78, 5) is 65.8. The van der Waals surface area contributed by atoms with E-state index in [9.17, 15) is 29.1 Å². The molecule has 2 aromatic rings. The summed E-state index contributed by atoms with van der Waals surface area (Å²) in [5.74, 6) is -1.89. The maximum Gasteiger partial charge on any atom is 0.326 e. The SMILES string of the molecule is CNC(=O)N(C)C(=O)NC(C(=O)NC1C(=O)N2CC(C(=O)O)(C(C)Sc3nnn[nH]3)CS[C@H]12)c1cccs1. The highest BCUT2D eigenvalue weighted by Crippen LogP contribution is 2.47. The van der Waals surface area contributed by atoms with Gasteiger partial charge in [-0.25, -0.2) is 19.6 Å². The fourth-order valence-corrected chi connectivity index (χ4v) is 7.61. The zero-order valence-electron chi connectivity index (χ0n) is 20.4. The normalized spacial score (nSPS) is 23.9. The molecule has 0 bridgehead atoms. The van der Waals surface area contributed by atoms with Crippen LogP contribution < -0.4 is 16.0 Å². The molecule has 15 nitrogen and oxygen atoms in total. The van der Waals surface area contributed by atoms with Crippen molar-refractivity contribution in [3.63, 3.8) is 0 Å². The van der Waals surface area contributed by atoms with Crippen LogP contribution in [0.2, 0.25) is 0 Å². The predicted octanol–water partition coefficient (Wildman–Crippen LogP) is -0.0652. The van der Waals surface area contributed by atoms with Gasteiger partial charge in [-0.05, 0) is 21.9 Å². The molecule has 2 aliphatic heterocycles. The van der Waals surface area contributed by atoms with E-state index in [1.165, 1.54) is 53.9 Å². The minimum Gasteiger partial charge on any atom is -0.481 e. The average molecular weight is 584 g/mol. The van der Waals surface area contributed by atoms with Crippen LogP contribution in [0.15, 0.2) is 22.7 Å². The van der Waals surface area contributed by atoms with Gasteiger partial charge in [0.1, 0.15) is 22.9 Å². The maximum atomic E-state index is 13.2. The van der Waals surface area contributed by atoms with Gasteiger partial charge in [0.25, 0.3) is 0 Å². The van der Waals surface area contributed by atoms with Crippen molar-refractivity contribution >= 4 is 64.7 Å². The van der Waals surface area contributed by atoms with E-state index in [0.29, 0.717) is 10.0 Å². The molecule has 4 rings (SSSR count). The Morgan fingerprint density at radius 3 is 2.71 bits per heavy atom. The van der Waals surface area contributed by atoms with Gasteiger partial charge in [0.05, 0.1) is 0 Å². The molecule has 38 heavy (non-hydrogen) atoms. The first-order valence-corrected chi connectivity index (χ1v) is 14.1. The Labute approximate surface area is 228 Å². The minimum atomic E-state index is -1.26. The molecule has 0 aliphatic carbocycles. The third kappa shape index (κ3) is 5.14. The van der Waals surface area contributed by atoms with Crippen molar-refractivity contribution in [3.05, 3.63) is 22.4 Å². The second kappa shape index (κ2) is 11.2.